The molecule has 1 unspecified atom stereocenters. The Kier molecular flexibility index (Phi) is 5.12. The van der Waals surface area contributed by atoms with Crippen molar-refractivity contribution in [3.05, 3.63) is 48.2 Å². The summed E-state index contributed by atoms with van der Waals surface area (Å²) in [5, 5.41) is 3.76. The minimum absolute atomic E-state index is 0.0425. The van der Waals surface area contributed by atoms with Crippen LogP contribution in [0.2, 0.25) is 0 Å². The lowest BCUT2D eigenvalue weighted by molar-refractivity contribution is 0.122. The first-order chi connectivity index (χ1) is 10.4. The fourth-order valence-electron chi connectivity index (χ4n) is 2.07. The Morgan fingerprint density at radius 3 is 2.55 bits per heavy atom. The second kappa shape index (κ2) is 6.87. The fraction of sp³-hybridized carbons (Fsp3) is 0.357. The van der Waals surface area contributed by atoms with Crippen molar-refractivity contribution in [3.8, 4) is 0 Å². The van der Waals surface area contributed by atoms with E-state index in [1.807, 2.05) is 37.3 Å². The smallest absolute Gasteiger partial charge is 0.257 e. The molecule has 0 saturated carbocycles. The van der Waals surface area contributed by atoms with E-state index in [1.165, 1.54) is 12.3 Å². The molecule has 2 aromatic rings. The maximum absolute atomic E-state index is 12.2. The zero-order chi connectivity index (χ0) is 16.2. The molecule has 0 aliphatic rings. The molecule has 1 N–H and O–H groups in total. The molecule has 0 aliphatic heterocycles. The first-order valence-electron chi connectivity index (χ1n) is 6.73. The van der Waals surface area contributed by atoms with Gasteiger partial charge in [0.1, 0.15) is 6.54 Å². The van der Waals surface area contributed by atoms with Gasteiger partial charge in [0.05, 0.1) is 5.75 Å². The summed E-state index contributed by atoms with van der Waals surface area (Å²) < 4.78 is 52.0. The van der Waals surface area contributed by atoms with E-state index in [2.05, 4.69) is 9.82 Å². The van der Waals surface area contributed by atoms with E-state index in [0.717, 1.165) is 10.2 Å². The highest BCUT2D eigenvalue weighted by Gasteiger charge is 2.18. The van der Waals surface area contributed by atoms with Crippen LogP contribution in [0.3, 0.4) is 0 Å². The molecule has 1 aromatic heterocycles. The molecule has 0 spiro atoms. The Labute approximate surface area is 128 Å². The number of anilines is 1. The second-order valence-corrected chi connectivity index (χ2v) is 6.78. The Hall–Kier alpha value is -1.96. The van der Waals surface area contributed by atoms with Crippen LogP contribution in [0.5, 0.6) is 0 Å². The van der Waals surface area contributed by atoms with Gasteiger partial charge in [-0.1, -0.05) is 37.3 Å². The SMILES string of the molecule is CC(CS(=O)(=O)Nc1ccn(CC(F)F)n1)c1ccccc1. The lowest BCUT2D eigenvalue weighted by Crippen LogP contribution is -2.21. The molecule has 1 aromatic carbocycles. The number of hydrogen-bond donors (Lipinski definition) is 1. The van der Waals surface area contributed by atoms with Crippen molar-refractivity contribution in [1.82, 2.24) is 9.78 Å². The van der Waals surface area contributed by atoms with E-state index < -0.39 is 23.0 Å². The molecule has 22 heavy (non-hydrogen) atoms. The number of aromatic nitrogens is 2. The molecule has 0 radical (unpaired) electrons. The van der Waals surface area contributed by atoms with Gasteiger partial charge in [-0.05, 0) is 11.5 Å². The quantitative estimate of drug-likeness (QED) is 0.849. The van der Waals surface area contributed by atoms with Crippen molar-refractivity contribution < 1.29 is 17.2 Å². The van der Waals surface area contributed by atoms with Crippen molar-refractivity contribution in [2.45, 2.75) is 25.8 Å². The summed E-state index contributed by atoms with van der Waals surface area (Å²) in [4.78, 5) is 0. The summed E-state index contributed by atoms with van der Waals surface area (Å²) >= 11 is 0. The van der Waals surface area contributed by atoms with Gasteiger partial charge in [0, 0.05) is 12.3 Å². The van der Waals surface area contributed by atoms with Gasteiger partial charge in [0.25, 0.3) is 6.43 Å². The third-order valence-electron chi connectivity index (χ3n) is 3.06. The number of alkyl halides is 2. The molecule has 0 saturated heterocycles. The van der Waals surface area contributed by atoms with Crippen LogP contribution in [0.25, 0.3) is 0 Å². The average molecular weight is 329 g/mol. The summed E-state index contributed by atoms with van der Waals surface area (Å²) in [6.07, 6.45) is -1.23. The molecule has 0 fully saturated rings. The van der Waals surface area contributed by atoms with Crippen LogP contribution >= 0.6 is 0 Å². The van der Waals surface area contributed by atoms with Gasteiger partial charge < -0.3 is 0 Å². The summed E-state index contributed by atoms with van der Waals surface area (Å²) in [7, 11) is -3.61. The largest absolute Gasteiger partial charge is 0.266 e. The maximum Gasteiger partial charge on any atom is 0.257 e. The van der Waals surface area contributed by atoms with E-state index in [9.17, 15) is 17.2 Å². The minimum atomic E-state index is -3.61. The minimum Gasteiger partial charge on any atom is -0.266 e. The van der Waals surface area contributed by atoms with Crippen LogP contribution in [0.15, 0.2) is 42.6 Å². The Morgan fingerprint density at radius 2 is 1.91 bits per heavy atom. The summed E-state index contributed by atoms with van der Waals surface area (Å²) in [6.45, 7) is 1.24. The zero-order valence-corrected chi connectivity index (χ0v) is 12.8. The molecule has 1 heterocycles. The van der Waals surface area contributed by atoms with Crippen molar-refractivity contribution >= 4 is 15.8 Å². The van der Waals surface area contributed by atoms with E-state index in [4.69, 9.17) is 0 Å². The summed E-state index contributed by atoms with van der Waals surface area (Å²) in [5.74, 6) is -0.263. The highest BCUT2D eigenvalue weighted by atomic mass is 32.2. The number of benzene rings is 1. The molecule has 1 atom stereocenters. The van der Waals surface area contributed by atoms with Crippen molar-refractivity contribution in [2.75, 3.05) is 10.5 Å². The highest BCUT2D eigenvalue weighted by molar-refractivity contribution is 7.92. The van der Waals surface area contributed by atoms with Gasteiger partial charge in [-0.25, -0.2) is 17.2 Å². The van der Waals surface area contributed by atoms with Crippen LogP contribution in [-0.4, -0.2) is 30.4 Å². The van der Waals surface area contributed by atoms with Gasteiger partial charge >= 0.3 is 0 Å². The molecule has 0 aliphatic carbocycles. The highest BCUT2D eigenvalue weighted by Crippen LogP contribution is 2.18. The van der Waals surface area contributed by atoms with Crippen LogP contribution in [0, 0.1) is 0 Å². The van der Waals surface area contributed by atoms with Crippen LogP contribution in [-0.2, 0) is 16.6 Å². The van der Waals surface area contributed by atoms with Crippen LogP contribution < -0.4 is 4.72 Å². The van der Waals surface area contributed by atoms with E-state index in [-0.39, 0.29) is 17.5 Å². The van der Waals surface area contributed by atoms with Crippen molar-refractivity contribution in [1.29, 1.82) is 0 Å². The van der Waals surface area contributed by atoms with Crippen LogP contribution in [0.4, 0.5) is 14.6 Å². The zero-order valence-electron chi connectivity index (χ0n) is 12.0. The molecule has 120 valence electrons. The average Bonchev–Trinajstić information content (AvgIpc) is 2.84. The van der Waals surface area contributed by atoms with E-state index in [1.54, 1.807) is 0 Å². The third kappa shape index (κ3) is 4.80. The normalized spacial score (nSPS) is 13.3. The Morgan fingerprint density at radius 1 is 1.23 bits per heavy atom. The molecule has 2 rings (SSSR count). The van der Waals surface area contributed by atoms with Gasteiger partial charge in [-0.15, -0.1) is 0 Å². The van der Waals surface area contributed by atoms with Gasteiger partial charge in [-0.3, -0.25) is 9.40 Å². The molecule has 8 heteroatoms. The first kappa shape index (κ1) is 16.4. The molecular formula is C14H17F2N3O2S. The summed E-state index contributed by atoms with van der Waals surface area (Å²) in [6, 6.07) is 10.6. The third-order valence-corrected chi connectivity index (χ3v) is 4.52. The number of sulfonamides is 1. The lowest BCUT2D eigenvalue weighted by Gasteiger charge is -2.12. The van der Waals surface area contributed by atoms with E-state index >= 15 is 0 Å². The first-order valence-corrected chi connectivity index (χ1v) is 8.38. The fourth-order valence-corrected chi connectivity index (χ4v) is 3.43. The predicted octanol–water partition coefficient (Wildman–Crippen LogP) is 2.69. The Bertz CT molecular complexity index is 702. The van der Waals surface area contributed by atoms with Crippen molar-refractivity contribution in [2.24, 2.45) is 0 Å². The maximum atomic E-state index is 12.2. The molecule has 0 bridgehead atoms. The molecular weight excluding hydrogens is 312 g/mol. The number of nitrogens with zero attached hydrogens (tertiary/aromatic N) is 2. The monoisotopic (exact) mass is 329 g/mol. The van der Waals surface area contributed by atoms with E-state index in [0.29, 0.717) is 0 Å². The van der Waals surface area contributed by atoms with Gasteiger partial charge in [-0.2, -0.15) is 5.10 Å². The summed E-state index contributed by atoms with van der Waals surface area (Å²) in [5.41, 5.74) is 0.913. The lowest BCUT2D eigenvalue weighted by atomic mass is 10.0. The van der Waals surface area contributed by atoms with Gasteiger partial charge in [0.2, 0.25) is 10.0 Å². The van der Waals surface area contributed by atoms with Gasteiger partial charge in [0.15, 0.2) is 5.82 Å². The van der Waals surface area contributed by atoms with Crippen molar-refractivity contribution in [3.63, 3.8) is 0 Å². The Balaban J connectivity index is 2.00. The topological polar surface area (TPSA) is 64.0 Å². The second-order valence-electron chi connectivity index (χ2n) is 5.01. The molecule has 5 nitrogen and oxygen atoms in total. The standard InChI is InChI=1S/C14H17F2N3O2S/c1-11(12-5-3-2-4-6-12)10-22(20,21)18-14-7-8-19(17-14)9-13(15)16/h2-8,11,13H,9-10H2,1H3,(H,17,18). The number of nitrogens with one attached hydrogen (secondary N) is 1. The number of hydrogen-bond acceptors (Lipinski definition) is 3. The molecule has 0 amide bonds. The number of halogens is 2. The number of rotatable bonds is 7. The predicted molar refractivity (Wildman–Crippen MR) is 80.5 cm³/mol. The van der Waals surface area contributed by atoms with Crippen LogP contribution in [0.1, 0.15) is 18.4 Å².